The van der Waals surface area contributed by atoms with Crippen LogP contribution in [0.4, 0.5) is 0 Å². The number of hydrogen-bond donors (Lipinski definition) is 0. The molecule has 0 aliphatic carbocycles. The maximum Gasteiger partial charge on any atom is 0.0624 e. The topological polar surface area (TPSA) is 85.2 Å². The van der Waals surface area contributed by atoms with Crippen molar-refractivity contribution in [3.63, 3.8) is 0 Å². The van der Waals surface area contributed by atoms with E-state index in [4.69, 9.17) is 0 Å². The van der Waals surface area contributed by atoms with Crippen molar-refractivity contribution in [3.8, 4) is 10.6 Å². The van der Waals surface area contributed by atoms with E-state index >= 15 is 0 Å². The van der Waals surface area contributed by atoms with Gasteiger partial charge in [0.2, 0.25) is 0 Å². The van der Waals surface area contributed by atoms with E-state index in [0.29, 0.717) is 5.69 Å². The summed E-state index contributed by atoms with van der Waals surface area (Å²) in [5.41, 5.74) is 1.41. The SMILES string of the molecule is O=C([O-])CCc1ccc(-c2cccs2)n1CC(=O)[O-]. The van der Waals surface area contributed by atoms with E-state index in [1.165, 1.54) is 11.3 Å². The quantitative estimate of drug-likeness (QED) is 0.722. The molecule has 19 heavy (non-hydrogen) atoms. The smallest absolute Gasteiger partial charge is 0.0624 e. The number of nitrogens with zero attached hydrogens (tertiary/aromatic N) is 1. The summed E-state index contributed by atoms with van der Waals surface area (Å²) in [6.07, 6.45) is 0.0991. The van der Waals surface area contributed by atoms with Crippen LogP contribution in [0.2, 0.25) is 0 Å². The summed E-state index contributed by atoms with van der Waals surface area (Å²) in [5.74, 6) is -2.36. The fourth-order valence-electron chi connectivity index (χ4n) is 1.91. The summed E-state index contributed by atoms with van der Waals surface area (Å²) >= 11 is 1.49. The standard InChI is InChI=1S/C13H13NO4S/c15-12(16)6-4-9-3-5-10(11-2-1-7-19-11)14(9)8-13(17)18/h1-3,5,7H,4,6,8H2,(H,15,16)(H,17,18)/p-2. The summed E-state index contributed by atoms with van der Waals surface area (Å²) in [5, 5.41) is 23.2. The van der Waals surface area contributed by atoms with Crippen LogP contribution in [0, 0.1) is 0 Å². The molecule has 0 fully saturated rings. The molecule has 0 N–H and O–H groups in total. The second-order valence-corrected chi connectivity index (χ2v) is 4.97. The third-order valence-electron chi connectivity index (χ3n) is 2.72. The van der Waals surface area contributed by atoms with Gasteiger partial charge < -0.3 is 24.4 Å². The predicted octanol–water partition coefficient (Wildman–Crippen LogP) is -0.351. The van der Waals surface area contributed by atoms with Gasteiger partial charge in [0, 0.05) is 11.7 Å². The first kappa shape index (κ1) is 13.4. The van der Waals surface area contributed by atoms with E-state index < -0.39 is 11.9 Å². The molecule has 0 aliphatic heterocycles. The van der Waals surface area contributed by atoms with Crippen LogP contribution in [0.5, 0.6) is 0 Å². The zero-order valence-electron chi connectivity index (χ0n) is 10.00. The first-order valence-electron chi connectivity index (χ1n) is 5.70. The molecular formula is C13H11NO4S-2. The van der Waals surface area contributed by atoms with Crippen molar-refractivity contribution >= 4 is 23.3 Å². The molecule has 0 aromatic carbocycles. The highest BCUT2D eigenvalue weighted by molar-refractivity contribution is 7.13. The first-order valence-corrected chi connectivity index (χ1v) is 6.58. The summed E-state index contributed by atoms with van der Waals surface area (Å²) < 4.78 is 1.57. The second-order valence-electron chi connectivity index (χ2n) is 4.02. The number of hydrogen-bond acceptors (Lipinski definition) is 5. The molecule has 6 heteroatoms. The second kappa shape index (κ2) is 5.71. The minimum absolute atomic E-state index is 0.138. The predicted molar refractivity (Wildman–Crippen MR) is 66.1 cm³/mol. The van der Waals surface area contributed by atoms with Crippen LogP contribution >= 0.6 is 11.3 Å². The Kier molecular flexibility index (Phi) is 4.01. The fraction of sp³-hybridized carbons (Fsp3) is 0.231. The van der Waals surface area contributed by atoms with Gasteiger partial charge in [0.15, 0.2) is 0 Å². The summed E-state index contributed by atoms with van der Waals surface area (Å²) in [4.78, 5) is 22.2. The molecule has 100 valence electrons. The molecule has 0 atom stereocenters. The first-order chi connectivity index (χ1) is 9.08. The average molecular weight is 277 g/mol. The number of rotatable bonds is 6. The minimum Gasteiger partial charge on any atom is -0.550 e. The summed E-state index contributed by atoms with van der Waals surface area (Å²) in [7, 11) is 0. The van der Waals surface area contributed by atoms with E-state index in [2.05, 4.69) is 0 Å². The molecule has 2 aromatic rings. The molecule has 0 amide bonds. The Balaban J connectivity index is 2.33. The van der Waals surface area contributed by atoms with Crippen molar-refractivity contribution < 1.29 is 19.8 Å². The molecule has 2 rings (SSSR count). The van der Waals surface area contributed by atoms with E-state index in [1.807, 2.05) is 17.5 Å². The average Bonchev–Trinajstić information content (AvgIpc) is 2.94. The summed E-state index contributed by atoms with van der Waals surface area (Å²) in [6.45, 7) is -0.289. The molecule has 0 aliphatic rings. The van der Waals surface area contributed by atoms with Crippen molar-refractivity contribution in [2.75, 3.05) is 0 Å². The molecule has 0 saturated heterocycles. The zero-order valence-corrected chi connectivity index (χ0v) is 10.8. The van der Waals surface area contributed by atoms with Crippen LogP contribution in [-0.2, 0) is 22.6 Å². The Morgan fingerprint density at radius 2 is 1.95 bits per heavy atom. The van der Waals surface area contributed by atoms with Crippen LogP contribution in [-0.4, -0.2) is 16.5 Å². The van der Waals surface area contributed by atoms with E-state index in [1.54, 1.807) is 16.7 Å². The van der Waals surface area contributed by atoms with Gasteiger partial charge in [-0.05, 0) is 36.4 Å². The van der Waals surface area contributed by atoms with Gasteiger partial charge >= 0.3 is 0 Å². The number of aliphatic carboxylic acids is 2. The third kappa shape index (κ3) is 3.23. The van der Waals surface area contributed by atoms with Gasteiger partial charge in [-0.2, -0.15) is 0 Å². The number of carboxylic acid groups (broad SMARTS) is 2. The minimum atomic E-state index is -1.20. The van der Waals surface area contributed by atoms with E-state index in [0.717, 1.165) is 10.6 Å². The van der Waals surface area contributed by atoms with Crippen LogP contribution in [0.15, 0.2) is 29.6 Å². The van der Waals surface area contributed by atoms with Gasteiger partial charge in [0.05, 0.1) is 23.1 Å². The molecule has 0 bridgehead atoms. The molecule has 0 radical (unpaired) electrons. The zero-order chi connectivity index (χ0) is 13.8. The van der Waals surface area contributed by atoms with Gasteiger partial charge in [0.25, 0.3) is 0 Å². The molecule has 5 nitrogen and oxygen atoms in total. The van der Waals surface area contributed by atoms with Crippen molar-refractivity contribution in [2.24, 2.45) is 0 Å². The Hall–Kier alpha value is -2.08. The van der Waals surface area contributed by atoms with Gasteiger partial charge in [-0.15, -0.1) is 11.3 Å². The molecule has 0 spiro atoms. The van der Waals surface area contributed by atoms with Crippen LogP contribution in [0.3, 0.4) is 0 Å². The summed E-state index contributed by atoms with van der Waals surface area (Å²) in [6, 6.07) is 7.28. The normalized spacial score (nSPS) is 10.5. The lowest BCUT2D eigenvalue weighted by molar-refractivity contribution is -0.307. The van der Waals surface area contributed by atoms with Crippen molar-refractivity contribution in [1.82, 2.24) is 4.57 Å². The molecule has 2 aromatic heterocycles. The lowest BCUT2D eigenvalue weighted by Gasteiger charge is -2.13. The number of aromatic nitrogens is 1. The maximum atomic E-state index is 10.8. The number of aryl methyl sites for hydroxylation is 1. The Morgan fingerprint density at radius 3 is 2.53 bits per heavy atom. The number of carbonyl (C=O) groups is 2. The molecule has 2 heterocycles. The highest BCUT2D eigenvalue weighted by Crippen LogP contribution is 2.27. The van der Waals surface area contributed by atoms with Crippen LogP contribution < -0.4 is 10.2 Å². The van der Waals surface area contributed by atoms with Gasteiger partial charge in [-0.1, -0.05) is 6.07 Å². The largest absolute Gasteiger partial charge is 0.550 e. The van der Waals surface area contributed by atoms with Gasteiger partial charge in [-0.3, -0.25) is 0 Å². The lowest BCUT2D eigenvalue weighted by atomic mass is 10.2. The van der Waals surface area contributed by atoms with Crippen LogP contribution in [0.25, 0.3) is 10.6 Å². The monoisotopic (exact) mass is 277 g/mol. The Bertz CT molecular complexity index is 586. The van der Waals surface area contributed by atoms with Crippen LogP contribution in [0.1, 0.15) is 12.1 Å². The van der Waals surface area contributed by atoms with Crippen molar-refractivity contribution in [2.45, 2.75) is 19.4 Å². The van der Waals surface area contributed by atoms with Gasteiger partial charge in [0.1, 0.15) is 0 Å². The van der Waals surface area contributed by atoms with E-state index in [-0.39, 0.29) is 19.4 Å². The lowest BCUT2D eigenvalue weighted by Crippen LogP contribution is -2.29. The Labute approximate surface area is 113 Å². The molecule has 0 saturated carbocycles. The van der Waals surface area contributed by atoms with Crippen molar-refractivity contribution in [1.29, 1.82) is 0 Å². The molecular weight excluding hydrogens is 266 g/mol. The molecule has 0 unspecified atom stereocenters. The fourth-order valence-corrected chi connectivity index (χ4v) is 2.67. The highest BCUT2D eigenvalue weighted by Gasteiger charge is 2.11. The maximum absolute atomic E-state index is 10.8. The highest BCUT2D eigenvalue weighted by atomic mass is 32.1. The number of carboxylic acids is 2. The third-order valence-corrected chi connectivity index (χ3v) is 3.61. The van der Waals surface area contributed by atoms with Crippen molar-refractivity contribution in [3.05, 3.63) is 35.3 Å². The Morgan fingerprint density at radius 1 is 1.16 bits per heavy atom. The van der Waals surface area contributed by atoms with E-state index in [9.17, 15) is 19.8 Å². The number of thiophene rings is 1. The number of carbonyl (C=O) groups excluding carboxylic acids is 2. The van der Waals surface area contributed by atoms with Gasteiger partial charge in [-0.25, -0.2) is 0 Å².